The number of pyridine rings is 1. The molecule has 0 aliphatic carbocycles. The first-order chi connectivity index (χ1) is 17.6. The Kier molecular flexibility index (Phi) is 9.55. The third kappa shape index (κ3) is 7.20. The molecule has 3 aliphatic rings. The first-order valence-corrected chi connectivity index (χ1v) is 13.2. The topological polar surface area (TPSA) is 104 Å². The molecule has 0 radical (unpaired) electrons. The van der Waals surface area contributed by atoms with Crippen LogP contribution in [-0.4, -0.2) is 60.2 Å². The van der Waals surface area contributed by atoms with Gasteiger partial charge in [-0.15, -0.1) is 0 Å². The minimum Gasteiger partial charge on any atom is -0.493 e. The summed E-state index contributed by atoms with van der Waals surface area (Å²) in [5, 5.41) is 14.8. The maximum Gasteiger partial charge on any atom is 0.305 e. The summed E-state index contributed by atoms with van der Waals surface area (Å²) in [5.74, 6) is 0.980. The summed E-state index contributed by atoms with van der Waals surface area (Å²) >= 11 is 0. The number of hydrogen-bond acceptors (Lipinski definition) is 6. The van der Waals surface area contributed by atoms with Crippen molar-refractivity contribution >= 4 is 18.2 Å². The number of nitrogens with zero attached hydrogens (tertiary/aromatic N) is 2. The second-order valence-electron chi connectivity index (χ2n) is 9.70. The lowest BCUT2D eigenvalue weighted by atomic mass is 9.96. The monoisotopic (exact) mass is 494 g/mol. The predicted octanol–water partition coefficient (Wildman–Crippen LogP) is 3.74. The highest BCUT2D eigenvalue weighted by atomic mass is 16.5. The van der Waals surface area contributed by atoms with E-state index >= 15 is 0 Å². The second kappa shape index (κ2) is 13.3. The molecule has 8 nitrogen and oxygen atoms in total. The summed E-state index contributed by atoms with van der Waals surface area (Å²) in [7, 11) is 0. The Morgan fingerprint density at radius 1 is 1.17 bits per heavy atom. The van der Waals surface area contributed by atoms with E-state index < -0.39 is 12.0 Å². The first kappa shape index (κ1) is 25.9. The number of piperidine rings is 1. The van der Waals surface area contributed by atoms with Crippen LogP contribution in [0.4, 0.5) is 5.82 Å². The van der Waals surface area contributed by atoms with Gasteiger partial charge in [-0.25, -0.2) is 4.98 Å². The van der Waals surface area contributed by atoms with E-state index in [9.17, 15) is 9.59 Å². The van der Waals surface area contributed by atoms with Gasteiger partial charge in [0.05, 0.1) is 19.1 Å². The summed E-state index contributed by atoms with van der Waals surface area (Å²) in [5.41, 5.74) is 4.47. The van der Waals surface area contributed by atoms with Crippen LogP contribution in [0.3, 0.4) is 0 Å². The minimum absolute atomic E-state index is 0.130. The van der Waals surface area contributed by atoms with Crippen molar-refractivity contribution in [3.8, 4) is 5.75 Å². The molecule has 1 aromatic carbocycles. The van der Waals surface area contributed by atoms with Gasteiger partial charge in [-0.2, -0.15) is 0 Å². The molecule has 4 heterocycles. The zero-order chi connectivity index (χ0) is 25.2. The van der Waals surface area contributed by atoms with E-state index in [1.165, 1.54) is 69.4 Å². The summed E-state index contributed by atoms with van der Waals surface area (Å²) in [6.45, 7) is 5.54. The Balaban J connectivity index is 0.000000170. The number of anilines is 1. The van der Waals surface area contributed by atoms with Crippen LogP contribution in [0.25, 0.3) is 0 Å². The minimum atomic E-state index is -0.944. The second-order valence-corrected chi connectivity index (χ2v) is 9.70. The highest BCUT2D eigenvalue weighted by molar-refractivity contribution is 5.69. The molecule has 1 fully saturated rings. The fourth-order valence-electron chi connectivity index (χ4n) is 5.27. The van der Waals surface area contributed by atoms with Crippen LogP contribution in [0.5, 0.6) is 5.75 Å². The molecule has 2 aromatic rings. The van der Waals surface area contributed by atoms with Gasteiger partial charge in [0.25, 0.3) is 0 Å². The zero-order valence-corrected chi connectivity index (χ0v) is 21.0. The van der Waals surface area contributed by atoms with E-state index in [1.54, 1.807) is 6.07 Å². The van der Waals surface area contributed by atoms with Crippen LogP contribution in [0.15, 0.2) is 30.3 Å². The lowest BCUT2D eigenvalue weighted by Gasteiger charge is -2.26. The molecule has 1 unspecified atom stereocenters. The zero-order valence-electron chi connectivity index (χ0n) is 21.0. The first-order valence-electron chi connectivity index (χ1n) is 13.2. The number of carboxylic acids is 1. The van der Waals surface area contributed by atoms with Crippen LogP contribution < -0.4 is 15.4 Å². The van der Waals surface area contributed by atoms with Crippen molar-refractivity contribution in [3.63, 3.8) is 0 Å². The number of likely N-dealkylation sites (tertiary alicyclic amines) is 1. The number of ether oxygens (including phenoxy) is 1. The average Bonchev–Trinajstić information content (AvgIpc) is 3.38. The van der Waals surface area contributed by atoms with Crippen molar-refractivity contribution in [2.75, 3.05) is 38.1 Å². The van der Waals surface area contributed by atoms with Crippen molar-refractivity contribution in [3.05, 3.63) is 52.7 Å². The number of fused-ring (bicyclic) bond motifs is 2. The molecule has 1 amide bonds. The van der Waals surface area contributed by atoms with Gasteiger partial charge in [-0.3, -0.25) is 9.59 Å². The maximum atomic E-state index is 10.8. The molecule has 194 valence electrons. The van der Waals surface area contributed by atoms with Gasteiger partial charge in [-0.05, 0) is 81.4 Å². The van der Waals surface area contributed by atoms with Crippen molar-refractivity contribution in [2.45, 2.75) is 63.8 Å². The third-order valence-electron chi connectivity index (χ3n) is 7.11. The van der Waals surface area contributed by atoms with Gasteiger partial charge in [0.1, 0.15) is 11.6 Å². The van der Waals surface area contributed by atoms with E-state index in [-0.39, 0.29) is 6.42 Å². The van der Waals surface area contributed by atoms with Crippen LogP contribution in [0.2, 0.25) is 0 Å². The molecular formula is C28H38N4O4. The highest BCUT2D eigenvalue weighted by Gasteiger charge is 2.23. The smallest absolute Gasteiger partial charge is 0.305 e. The van der Waals surface area contributed by atoms with Crippen molar-refractivity contribution < 1.29 is 19.4 Å². The number of aryl methyl sites for hydroxylation is 2. The number of aliphatic carboxylic acids is 1. The number of nitrogens with one attached hydrogen (secondary N) is 2. The molecule has 1 aromatic heterocycles. The van der Waals surface area contributed by atoms with Crippen LogP contribution in [0, 0.1) is 0 Å². The third-order valence-corrected chi connectivity index (χ3v) is 7.11. The molecule has 1 atom stereocenters. The average molecular weight is 495 g/mol. The van der Waals surface area contributed by atoms with Crippen LogP contribution in [0.1, 0.15) is 67.0 Å². The van der Waals surface area contributed by atoms with E-state index in [0.29, 0.717) is 13.0 Å². The van der Waals surface area contributed by atoms with Gasteiger partial charge >= 0.3 is 5.97 Å². The van der Waals surface area contributed by atoms with Crippen LogP contribution in [-0.2, 0) is 28.9 Å². The van der Waals surface area contributed by atoms with Gasteiger partial charge in [-0.1, -0.05) is 24.6 Å². The number of carbonyl (C=O) groups excluding carboxylic acids is 1. The van der Waals surface area contributed by atoms with E-state index in [2.05, 4.69) is 27.7 Å². The van der Waals surface area contributed by atoms with Gasteiger partial charge < -0.3 is 25.4 Å². The molecule has 5 rings (SSSR count). The Bertz CT molecular complexity index is 1020. The molecule has 8 heteroatoms. The Morgan fingerprint density at radius 3 is 2.83 bits per heavy atom. The van der Waals surface area contributed by atoms with Gasteiger partial charge in [0.2, 0.25) is 6.41 Å². The fourth-order valence-corrected chi connectivity index (χ4v) is 5.27. The molecule has 0 bridgehead atoms. The van der Waals surface area contributed by atoms with Gasteiger partial charge in [0.15, 0.2) is 0 Å². The standard InChI is InChI=1S/C16H25N3.C12H13NO4/c1-2-11-19(12-3-1)13-5-7-15-9-8-14-6-4-10-17-16(14)18-15;14-7-13-10(6-12(15)16)8-2-1-3-11-9(8)4-5-17-11/h8-9H,1-7,10-13H2,(H,17,18);1-3,7,10H,4-6H2,(H,13,14)(H,15,16). The molecule has 0 spiro atoms. The summed E-state index contributed by atoms with van der Waals surface area (Å²) in [6.07, 6.45) is 10.1. The van der Waals surface area contributed by atoms with Gasteiger partial charge in [0, 0.05) is 24.2 Å². The molecule has 3 aliphatic heterocycles. The van der Waals surface area contributed by atoms with E-state index in [0.717, 1.165) is 42.1 Å². The SMILES string of the molecule is O=CNC(CC(=O)O)c1cccc2c1CCO2.c1cc2c(nc1CCCN1CCCCC1)NCCC2. The molecule has 1 saturated heterocycles. The largest absolute Gasteiger partial charge is 0.493 e. The number of hydrogen-bond donors (Lipinski definition) is 3. The molecule has 36 heavy (non-hydrogen) atoms. The Morgan fingerprint density at radius 2 is 2.03 bits per heavy atom. The summed E-state index contributed by atoms with van der Waals surface area (Å²) in [4.78, 5) is 28.7. The molecule has 0 saturated carbocycles. The van der Waals surface area contributed by atoms with Crippen molar-refractivity contribution in [1.29, 1.82) is 0 Å². The quantitative estimate of drug-likeness (QED) is 0.456. The number of carbonyl (C=O) groups is 2. The molecular weight excluding hydrogens is 456 g/mol. The number of carboxylic acid groups (broad SMARTS) is 1. The lowest BCUT2D eigenvalue weighted by molar-refractivity contribution is -0.137. The highest BCUT2D eigenvalue weighted by Crippen LogP contribution is 2.32. The summed E-state index contributed by atoms with van der Waals surface area (Å²) < 4.78 is 5.41. The van der Waals surface area contributed by atoms with E-state index in [4.69, 9.17) is 14.8 Å². The number of aromatic nitrogens is 1. The lowest BCUT2D eigenvalue weighted by Crippen LogP contribution is -2.30. The van der Waals surface area contributed by atoms with Crippen molar-refractivity contribution in [2.24, 2.45) is 0 Å². The molecule has 3 N–H and O–H groups in total. The Labute approximate surface area is 213 Å². The van der Waals surface area contributed by atoms with Crippen molar-refractivity contribution in [1.82, 2.24) is 15.2 Å². The number of amides is 1. The maximum absolute atomic E-state index is 10.8. The van der Waals surface area contributed by atoms with E-state index in [1.807, 2.05) is 12.1 Å². The number of rotatable bonds is 9. The summed E-state index contributed by atoms with van der Waals surface area (Å²) in [6, 6.07) is 9.48. The van der Waals surface area contributed by atoms with Crippen LogP contribution >= 0.6 is 0 Å². The Hall–Kier alpha value is -3.13. The fraction of sp³-hybridized carbons (Fsp3) is 0.536. The predicted molar refractivity (Wildman–Crippen MR) is 139 cm³/mol. The number of benzene rings is 1. The normalized spacial score (nSPS) is 17.3.